The van der Waals surface area contributed by atoms with E-state index in [9.17, 15) is 4.79 Å². The molecule has 2 aliphatic heterocycles. The van der Waals surface area contributed by atoms with Crippen LogP contribution < -0.4 is 4.74 Å². The minimum atomic E-state index is 0.241. The molecule has 21 heavy (non-hydrogen) atoms. The van der Waals surface area contributed by atoms with Crippen LogP contribution in [0.5, 0.6) is 5.75 Å². The Hall–Kier alpha value is -1.55. The molecule has 1 amide bonds. The van der Waals surface area contributed by atoms with Gasteiger partial charge in [-0.2, -0.15) is 0 Å². The van der Waals surface area contributed by atoms with Gasteiger partial charge in [-0.15, -0.1) is 0 Å². The van der Waals surface area contributed by atoms with Crippen LogP contribution in [-0.4, -0.2) is 43.2 Å². The Bertz CT molecular complexity index is 503. The van der Waals surface area contributed by atoms with E-state index in [-0.39, 0.29) is 5.91 Å². The quantitative estimate of drug-likeness (QED) is 0.854. The summed E-state index contributed by atoms with van der Waals surface area (Å²) in [5.74, 6) is 1.05. The van der Waals surface area contributed by atoms with Gasteiger partial charge in [-0.1, -0.05) is 12.1 Å². The van der Waals surface area contributed by atoms with Crippen molar-refractivity contribution in [3.05, 3.63) is 29.8 Å². The van der Waals surface area contributed by atoms with Crippen LogP contribution in [0.1, 0.15) is 31.2 Å². The molecule has 114 valence electrons. The zero-order valence-corrected chi connectivity index (χ0v) is 12.7. The number of rotatable bonds is 4. The molecule has 3 rings (SSSR count). The second-order valence-corrected chi connectivity index (χ2v) is 6.04. The average Bonchev–Trinajstić information content (AvgIpc) is 2.78. The highest BCUT2D eigenvalue weighted by molar-refractivity contribution is 5.80. The smallest absolute Gasteiger partial charge is 0.227 e. The van der Waals surface area contributed by atoms with Crippen molar-refractivity contribution >= 4 is 5.91 Å². The molecule has 0 aliphatic carbocycles. The molecule has 2 fully saturated rings. The Morgan fingerprint density at radius 2 is 1.95 bits per heavy atom. The molecule has 0 N–H and O–H groups in total. The summed E-state index contributed by atoms with van der Waals surface area (Å²) in [7, 11) is 3.43. The molecule has 4 heteroatoms. The Labute approximate surface area is 126 Å². The van der Waals surface area contributed by atoms with Crippen molar-refractivity contribution in [3.63, 3.8) is 0 Å². The average molecular weight is 289 g/mol. The van der Waals surface area contributed by atoms with Crippen LogP contribution in [0.15, 0.2) is 24.3 Å². The maximum atomic E-state index is 12.7. The molecule has 0 saturated carbocycles. The number of amides is 1. The first-order valence-corrected chi connectivity index (χ1v) is 7.68. The van der Waals surface area contributed by atoms with E-state index in [2.05, 4.69) is 4.90 Å². The lowest BCUT2D eigenvalue weighted by Gasteiger charge is -2.38. The number of nitrogens with zero attached hydrogens (tertiary/aromatic N) is 1. The summed E-state index contributed by atoms with van der Waals surface area (Å²) in [4.78, 5) is 14.8. The number of carbonyl (C=O) groups excluding carboxylic acids is 1. The van der Waals surface area contributed by atoms with Crippen LogP contribution in [0.4, 0.5) is 0 Å². The number of hydrogen-bond donors (Lipinski definition) is 0. The first-order chi connectivity index (χ1) is 10.2. The SMILES string of the molecule is COc1cccc(CC(=O)N2C3CCC2CC(OC)C3)c1. The summed E-state index contributed by atoms with van der Waals surface area (Å²) in [5, 5.41) is 0. The maximum absolute atomic E-state index is 12.7. The second kappa shape index (κ2) is 6.06. The molecule has 2 saturated heterocycles. The van der Waals surface area contributed by atoms with E-state index in [1.165, 1.54) is 0 Å². The summed E-state index contributed by atoms with van der Waals surface area (Å²) in [6.45, 7) is 0. The molecule has 2 atom stereocenters. The third-order valence-corrected chi connectivity index (χ3v) is 4.80. The van der Waals surface area contributed by atoms with E-state index in [0.29, 0.717) is 24.6 Å². The van der Waals surface area contributed by atoms with Crippen LogP contribution in [0, 0.1) is 0 Å². The highest BCUT2D eigenvalue weighted by Gasteiger charge is 2.42. The van der Waals surface area contributed by atoms with Crippen molar-refractivity contribution in [2.75, 3.05) is 14.2 Å². The zero-order chi connectivity index (χ0) is 14.8. The van der Waals surface area contributed by atoms with Crippen LogP contribution in [0.25, 0.3) is 0 Å². The number of ether oxygens (including phenoxy) is 2. The molecule has 0 radical (unpaired) electrons. The monoisotopic (exact) mass is 289 g/mol. The first-order valence-electron chi connectivity index (χ1n) is 7.68. The summed E-state index contributed by atoms with van der Waals surface area (Å²) >= 11 is 0. The van der Waals surface area contributed by atoms with Gasteiger partial charge in [0.1, 0.15) is 5.75 Å². The Morgan fingerprint density at radius 3 is 2.57 bits per heavy atom. The normalized spacial score (nSPS) is 27.7. The first kappa shape index (κ1) is 14.4. The minimum absolute atomic E-state index is 0.241. The fraction of sp³-hybridized carbons (Fsp3) is 0.588. The van der Waals surface area contributed by atoms with Crippen LogP contribution in [0.3, 0.4) is 0 Å². The Kier molecular flexibility index (Phi) is 4.15. The van der Waals surface area contributed by atoms with Gasteiger partial charge in [0.25, 0.3) is 0 Å². The van der Waals surface area contributed by atoms with Crippen molar-refractivity contribution < 1.29 is 14.3 Å². The molecule has 2 heterocycles. The van der Waals surface area contributed by atoms with Crippen molar-refractivity contribution in [1.29, 1.82) is 0 Å². The van der Waals surface area contributed by atoms with Crippen LogP contribution in [-0.2, 0) is 16.0 Å². The number of piperidine rings is 1. The maximum Gasteiger partial charge on any atom is 0.227 e. The molecule has 2 unspecified atom stereocenters. The largest absolute Gasteiger partial charge is 0.497 e. The summed E-state index contributed by atoms with van der Waals surface area (Å²) in [6.07, 6.45) is 4.99. The number of hydrogen-bond acceptors (Lipinski definition) is 3. The number of carbonyl (C=O) groups is 1. The van der Waals surface area contributed by atoms with Gasteiger partial charge < -0.3 is 14.4 Å². The molecule has 0 spiro atoms. The molecule has 1 aromatic rings. The third-order valence-electron chi connectivity index (χ3n) is 4.80. The standard InChI is InChI=1S/C17H23NO3/c1-20-15-5-3-4-12(8-15)9-17(19)18-13-6-7-14(18)11-16(10-13)21-2/h3-5,8,13-14,16H,6-7,9-11H2,1-2H3. The molecule has 1 aromatic carbocycles. The van der Waals surface area contributed by atoms with Gasteiger partial charge in [-0.3, -0.25) is 4.79 Å². The van der Waals surface area contributed by atoms with Crippen molar-refractivity contribution in [3.8, 4) is 5.75 Å². The van der Waals surface area contributed by atoms with Gasteiger partial charge in [-0.25, -0.2) is 0 Å². The van der Waals surface area contributed by atoms with Crippen molar-refractivity contribution in [2.24, 2.45) is 0 Å². The van der Waals surface area contributed by atoms with Gasteiger partial charge in [0.2, 0.25) is 5.91 Å². The number of methoxy groups -OCH3 is 2. The van der Waals surface area contributed by atoms with Gasteiger partial charge in [0.15, 0.2) is 0 Å². The van der Waals surface area contributed by atoms with Gasteiger partial charge in [0, 0.05) is 19.2 Å². The van der Waals surface area contributed by atoms with E-state index < -0.39 is 0 Å². The highest BCUT2D eigenvalue weighted by atomic mass is 16.5. The van der Waals surface area contributed by atoms with Gasteiger partial charge in [-0.05, 0) is 43.4 Å². The lowest BCUT2D eigenvalue weighted by molar-refractivity contribution is -0.137. The molecular formula is C17H23NO3. The number of fused-ring (bicyclic) bond motifs is 2. The van der Waals surface area contributed by atoms with Crippen molar-refractivity contribution in [2.45, 2.75) is 50.3 Å². The summed E-state index contributed by atoms with van der Waals surface area (Å²) in [6, 6.07) is 8.51. The van der Waals surface area contributed by atoms with E-state index in [0.717, 1.165) is 37.0 Å². The second-order valence-electron chi connectivity index (χ2n) is 6.04. The highest BCUT2D eigenvalue weighted by Crippen LogP contribution is 2.37. The van der Waals surface area contributed by atoms with Crippen molar-refractivity contribution in [1.82, 2.24) is 4.90 Å². The third kappa shape index (κ3) is 2.91. The van der Waals surface area contributed by atoms with E-state index >= 15 is 0 Å². The fourth-order valence-electron chi connectivity index (χ4n) is 3.78. The van der Waals surface area contributed by atoms with E-state index in [1.54, 1.807) is 14.2 Å². The van der Waals surface area contributed by atoms with Crippen LogP contribution in [0.2, 0.25) is 0 Å². The predicted molar refractivity (Wildman–Crippen MR) is 80.4 cm³/mol. The zero-order valence-electron chi connectivity index (χ0n) is 12.7. The fourth-order valence-corrected chi connectivity index (χ4v) is 3.78. The molecule has 2 bridgehead atoms. The minimum Gasteiger partial charge on any atom is -0.497 e. The van der Waals surface area contributed by atoms with Crippen LogP contribution >= 0.6 is 0 Å². The number of benzene rings is 1. The lowest BCUT2D eigenvalue weighted by Crippen LogP contribution is -2.48. The van der Waals surface area contributed by atoms with Gasteiger partial charge in [0.05, 0.1) is 19.6 Å². The summed E-state index contributed by atoms with van der Waals surface area (Å²) in [5.41, 5.74) is 1.02. The Balaban J connectivity index is 1.68. The topological polar surface area (TPSA) is 38.8 Å². The van der Waals surface area contributed by atoms with E-state index in [1.807, 2.05) is 24.3 Å². The molecule has 2 aliphatic rings. The summed E-state index contributed by atoms with van der Waals surface area (Å²) < 4.78 is 10.7. The molecule has 4 nitrogen and oxygen atoms in total. The molecular weight excluding hydrogens is 266 g/mol. The molecule has 0 aromatic heterocycles. The van der Waals surface area contributed by atoms with Gasteiger partial charge >= 0.3 is 0 Å². The lowest BCUT2D eigenvalue weighted by atomic mass is 9.98. The Morgan fingerprint density at radius 1 is 1.24 bits per heavy atom. The van der Waals surface area contributed by atoms with E-state index in [4.69, 9.17) is 9.47 Å². The predicted octanol–water partition coefficient (Wildman–Crippen LogP) is 2.41.